The number of hydrogen-bond acceptors (Lipinski definition) is 10. The number of benzene rings is 3. The van der Waals surface area contributed by atoms with Crippen molar-refractivity contribution in [3.05, 3.63) is 102 Å². The minimum atomic E-state index is -2.67. The van der Waals surface area contributed by atoms with E-state index >= 15 is 0 Å². The Hall–Kier alpha value is -4.62. The van der Waals surface area contributed by atoms with E-state index in [1.54, 1.807) is 38.4 Å². The topological polar surface area (TPSA) is 257 Å². The summed E-state index contributed by atoms with van der Waals surface area (Å²) in [6.07, 6.45) is 10.5. The van der Waals surface area contributed by atoms with Crippen LogP contribution in [0, 0.1) is 0 Å². The second kappa shape index (κ2) is 88.2. The normalized spacial score (nSPS) is 9.06. The van der Waals surface area contributed by atoms with Crippen molar-refractivity contribution < 1.29 is 56.2 Å². The van der Waals surface area contributed by atoms with Crippen LogP contribution >= 0.6 is 11.3 Å². The number of thiophene rings is 1. The second-order valence-electron chi connectivity index (χ2n) is 13.1. The minimum Gasteiger partial charge on any atom is -0.481 e. The van der Waals surface area contributed by atoms with Crippen molar-refractivity contribution in [2.24, 2.45) is 0 Å². The van der Waals surface area contributed by atoms with E-state index in [4.69, 9.17) is 15.3 Å². The molecular weight excluding hydrogens is 1090 g/mol. The molecule has 0 saturated carbocycles. The summed E-state index contributed by atoms with van der Waals surface area (Å²) >= 11 is 1.79. The van der Waals surface area contributed by atoms with E-state index in [9.17, 15) is 35.4 Å². The van der Waals surface area contributed by atoms with Crippen LogP contribution in [0.1, 0.15) is 204 Å². The predicted molar refractivity (Wildman–Crippen MR) is 363 cm³/mol. The fourth-order valence-corrected chi connectivity index (χ4v) is 7.02. The van der Waals surface area contributed by atoms with Gasteiger partial charge >= 0.3 is 17.9 Å². The molecule has 3 heterocycles. The van der Waals surface area contributed by atoms with Gasteiger partial charge in [-0.1, -0.05) is 214 Å². The van der Waals surface area contributed by atoms with Crippen LogP contribution in [-0.4, -0.2) is 107 Å². The Morgan fingerprint density at radius 3 is 1.18 bits per heavy atom. The number of anilines is 1. The molecule has 0 radical (unpaired) electrons. The third-order valence-corrected chi connectivity index (χ3v) is 11.3. The number of aromatic nitrogens is 1. The number of H-pyrrole nitrogens is 1. The maximum absolute atomic E-state index is 10.2. The summed E-state index contributed by atoms with van der Waals surface area (Å²) in [5, 5.41) is 31.2. The molecule has 0 spiro atoms. The van der Waals surface area contributed by atoms with E-state index in [2.05, 4.69) is 88.5 Å². The zero-order valence-electron chi connectivity index (χ0n) is 54.3. The van der Waals surface area contributed by atoms with E-state index in [0.717, 1.165) is 31.6 Å². The molecule has 2 aromatic heterocycles. The Morgan fingerprint density at radius 2 is 0.887 bits per heavy atom. The van der Waals surface area contributed by atoms with Crippen LogP contribution in [0.3, 0.4) is 0 Å². The quantitative estimate of drug-likeness (QED) is 0.0923. The number of sulfone groups is 2. The molecule has 0 aliphatic carbocycles. The van der Waals surface area contributed by atoms with Gasteiger partial charge in [-0.15, -0.1) is 11.3 Å². The largest absolute Gasteiger partial charge is 0.481 e. The van der Waals surface area contributed by atoms with Crippen molar-refractivity contribution in [1.82, 2.24) is 4.98 Å². The molecule has 7 N–H and O–H groups in total. The molecule has 18 heteroatoms. The molecule has 0 amide bonds. The van der Waals surface area contributed by atoms with Crippen LogP contribution in [0.15, 0.2) is 96.5 Å². The van der Waals surface area contributed by atoms with E-state index in [0.29, 0.717) is 11.5 Å². The fourth-order valence-electron chi connectivity index (χ4n) is 4.17. The summed E-state index contributed by atoms with van der Waals surface area (Å²) in [4.78, 5) is 31.2. The number of rotatable bonds is 9. The first-order chi connectivity index (χ1) is 37.1. The molecule has 0 fully saturated rings. The monoisotopic (exact) mass is 1220 g/mol. The van der Waals surface area contributed by atoms with Crippen LogP contribution in [-0.2, 0) is 51.3 Å². The summed E-state index contributed by atoms with van der Waals surface area (Å²) in [7, 11) is -5.91. The van der Waals surface area contributed by atoms with Crippen molar-refractivity contribution in [1.29, 1.82) is 0 Å². The first-order valence-electron chi connectivity index (χ1n) is 28.2. The molecule has 478 valence electrons. The molecule has 1 aliphatic heterocycles. The van der Waals surface area contributed by atoms with Crippen molar-refractivity contribution in [3.63, 3.8) is 0 Å². The number of nitrogens with one attached hydrogen (secondary N) is 2. The molecule has 1 atom stereocenters. The first kappa shape index (κ1) is 107. The van der Waals surface area contributed by atoms with Crippen LogP contribution in [0.25, 0.3) is 21.0 Å². The summed E-state index contributed by atoms with van der Waals surface area (Å²) in [5.41, 5.74) is 3.98. The lowest BCUT2D eigenvalue weighted by Gasteiger charge is -1.94. The van der Waals surface area contributed by atoms with Gasteiger partial charge in [-0.3, -0.25) is 18.6 Å². The highest BCUT2D eigenvalue weighted by Gasteiger charge is 2.06. The number of aliphatic carboxylic acids is 3. The Morgan fingerprint density at radius 1 is 0.537 bits per heavy atom. The SMILES string of the molecule is C.CC.CC.CC.CC.CC.CC.CC.CC.CCC(=O)O.CCC(=O)O.CCC(=O)O.CCCS(C)(=O)=O.CCCS(C)(=O)=O.CCCS(C)=O.O.c1ccc2[nH]ccc2c1.c1ccc2c(c1)CCN2.c1ccc2sccc2c1. The van der Waals surface area contributed by atoms with E-state index < -0.39 is 48.4 Å². The predicted octanol–water partition coefficient (Wildman–Crippen LogP) is 17.8. The molecule has 1 aliphatic rings. The van der Waals surface area contributed by atoms with Crippen molar-refractivity contribution >= 4 is 86.4 Å². The second-order valence-corrected chi connectivity index (χ2v) is 20.2. The molecule has 6 rings (SSSR count). The van der Waals surface area contributed by atoms with Gasteiger partial charge in [0.25, 0.3) is 0 Å². The molecule has 80 heavy (non-hydrogen) atoms. The van der Waals surface area contributed by atoms with Gasteiger partial charge < -0.3 is 31.1 Å². The highest BCUT2D eigenvalue weighted by molar-refractivity contribution is 7.90. The first-order valence-corrected chi connectivity index (χ1v) is 34.9. The Kier molecular flexibility index (Phi) is 118. The molecule has 0 saturated heterocycles. The minimum absolute atomic E-state index is 0. The van der Waals surface area contributed by atoms with Crippen molar-refractivity contribution in [2.45, 2.75) is 205 Å². The van der Waals surface area contributed by atoms with Crippen LogP contribution in [0.5, 0.6) is 0 Å². The molecular formula is C62H124N2O12S4. The fraction of sp³-hybridized carbons (Fsp3) is 0.597. The Labute approximate surface area is 499 Å². The highest BCUT2D eigenvalue weighted by atomic mass is 32.2. The summed E-state index contributed by atoms with van der Waals surface area (Å²) in [6.45, 7) is 43.6. The van der Waals surface area contributed by atoms with Crippen LogP contribution in [0.4, 0.5) is 5.69 Å². The average Bonchev–Trinajstić information content (AvgIpc) is 4.26. The maximum Gasteiger partial charge on any atom is 0.303 e. The van der Waals surface area contributed by atoms with E-state index in [1.807, 2.05) is 150 Å². The zero-order valence-corrected chi connectivity index (χ0v) is 57.5. The van der Waals surface area contributed by atoms with Gasteiger partial charge in [0.2, 0.25) is 0 Å². The standard InChI is InChI=1S/C8H9N.C8H7N.C8H6S.2C4H10O2S.C4H10OS.3C3H6O2.8C2H6.CH4.H2O/c3*1-2-4-8-7(3-1)5-6-9-8;2*1-3-4-7(2,5)6;1-3-4-6(2)5;3*1-2-3(4)5;8*1-2;;/h1-4,9H,5-6H2;1-6,9H;1-6H;2*3-4H2,1-2H3;3-4H2,1-2H3;3*2H2,1H3,(H,4,5);8*1-2H3;1H4;1H2. The average molecular weight is 1220 g/mol. The van der Waals surface area contributed by atoms with Gasteiger partial charge in [-0.2, -0.15) is 0 Å². The van der Waals surface area contributed by atoms with Crippen LogP contribution in [0.2, 0.25) is 0 Å². The maximum atomic E-state index is 10.2. The third kappa shape index (κ3) is 95.7. The lowest BCUT2D eigenvalue weighted by atomic mass is 10.2. The molecule has 3 aromatic carbocycles. The van der Waals surface area contributed by atoms with Crippen molar-refractivity contribution in [2.75, 3.05) is 47.9 Å². The number of carboxylic acids is 3. The number of aromatic amines is 1. The van der Waals surface area contributed by atoms with Gasteiger partial charge in [0, 0.05) is 94.7 Å². The zero-order chi connectivity index (χ0) is 64.0. The Bertz CT molecular complexity index is 1960. The molecule has 1 unspecified atom stereocenters. The van der Waals surface area contributed by atoms with Crippen LogP contribution < -0.4 is 5.32 Å². The summed E-state index contributed by atoms with van der Waals surface area (Å²) in [5.74, 6) is -0.764. The van der Waals surface area contributed by atoms with Gasteiger partial charge in [0.1, 0.15) is 19.7 Å². The lowest BCUT2D eigenvalue weighted by Crippen LogP contribution is -2.00. The number of carboxylic acid groups (broad SMARTS) is 3. The molecule has 5 aromatic rings. The van der Waals surface area contributed by atoms with E-state index in [-0.39, 0.29) is 32.2 Å². The smallest absolute Gasteiger partial charge is 0.303 e. The number of hydrogen-bond donors (Lipinski definition) is 5. The number of carbonyl (C=O) groups is 3. The van der Waals surface area contributed by atoms with Gasteiger partial charge in [0.05, 0.1) is 0 Å². The Balaban J connectivity index is -0.0000000559. The van der Waals surface area contributed by atoms with Crippen molar-refractivity contribution in [3.8, 4) is 0 Å². The number of para-hydroxylation sites is 2. The third-order valence-electron chi connectivity index (χ3n) is 7.10. The highest BCUT2D eigenvalue weighted by Crippen LogP contribution is 2.20. The van der Waals surface area contributed by atoms with E-state index in [1.165, 1.54) is 51.2 Å². The van der Waals surface area contributed by atoms with Gasteiger partial charge in [-0.25, -0.2) is 16.8 Å². The van der Waals surface area contributed by atoms with Gasteiger partial charge in [0.15, 0.2) is 0 Å². The summed E-state index contributed by atoms with van der Waals surface area (Å²) < 4.78 is 52.5. The molecule has 0 bridgehead atoms. The number of fused-ring (bicyclic) bond motifs is 3. The van der Waals surface area contributed by atoms with Gasteiger partial charge in [-0.05, 0) is 77.7 Å². The summed E-state index contributed by atoms with van der Waals surface area (Å²) in [6, 6.07) is 29.3. The molecule has 14 nitrogen and oxygen atoms in total. The lowest BCUT2D eigenvalue weighted by molar-refractivity contribution is -0.137.